The molecule has 0 aliphatic carbocycles. The molecule has 0 spiro atoms. The molecular formula is C2H4ClOSi. The van der Waals surface area contributed by atoms with E-state index in [0.29, 0.717) is 6.23 Å². The lowest BCUT2D eigenvalue weighted by Gasteiger charge is -1.84. The number of hydrogen-bond acceptors (Lipinski definition) is 1. The third-order valence-corrected chi connectivity index (χ3v) is 0.538. The Bertz CT molecular complexity index is 17.1. The van der Waals surface area contributed by atoms with Gasteiger partial charge in [0.15, 0.2) is 0 Å². The fraction of sp³-hybridized carbons (Fsp3) is 1.00. The SMILES string of the molecule is [Si]COCCl. The monoisotopic (exact) mass is 107 g/mol. The molecule has 0 aliphatic rings. The van der Waals surface area contributed by atoms with E-state index in [1.165, 1.54) is 0 Å². The summed E-state index contributed by atoms with van der Waals surface area (Å²) >= 11 is 5.05. The van der Waals surface area contributed by atoms with E-state index in [4.69, 9.17) is 11.6 Å². The lowest BCUT2D eigenvalue weighted by atomic mass is 11.5. The Hall–Kier alpha value is 0.467. The number of halogens is 1. The Morgan fingerprint density at radius 1 is 1.80 bits per heavy atom. The smallest absolute Gasteiger partial charge is 0.120 e. The highest BCUT2D eigenvalue weighted by Crippen LogP contribution is 1.71. The summed E-state index contributed by atoms with van der Waals surface area (Å²) in [5, 5.41) is 0. The zero-order chi connectivity index (χ0) is 4.12. The fourth-order valence-corrected chi connectivity index (χ4v) is 0.347. The zero-order valence-electron chi connectivity index (χ0n) is 2.70. The van der Waals surface area contributed by atoms with Crippen LogP contribution >= 0.6 is 11.6 Å². The van der Waals surface area contributed by atoms with E-state index < -0.39 is 0 Å². The van der Waals surface area contributed by atoms with Gasteiger partial charge in [-0.15, -0.1) is 0 Å². The van der Waals surface area contributed by atoms with Crippen molar-refractivity contribution < 1.29 is 4.74 Å². The molecule has 0 saturated carbocycles. The van der Waals surface area contributed by atoms with Crippen molar-refractivity contribution in [2.24, 2.45) is 0 Å². The van der Waals surface area contributed by atoms with Gasteiger partial charge >= 0.3 is 0 Å². The molecule has 0 aliphatic heterocycles. The molecule has 3 heteroatoms. The molecule has 0 saturated heterocycles. The van der Waals surface area contributed by atoms with Crippen LogP contribution in [0.3, 0.4) is 0 Å². The molecule has 0 aromatic heterocycles. The molecule has 5 heavy (non-hydrogen) atoms. The highest BCUT2D eigenvalue weighted by molar-refractivity contribution is 6.17. The summed E-state index contributed by atoms with van der Waals surface area (Å²) in [4.78, 5) is 0. The molecule has 3 radical (unpaired) electrons. The van der Waals surface area contributed by atoms with Gasteiger partial charge in [-0.1, -0.05) is 11.6 Å². The first-order valence-electron chi connectivity index (χ1n) is 1.20. The predicted octanol–water partition coefficient (Wildman–Crippen LogP) is 0.325. The third kappa shape index (κ3) is 4.47. The minimum atomic E-state index is 0.267. The summed E-state index contributed by atoms with van der Waals surface area (Å²) in [5.41, 5.74) is 0. The average Bonchev–Trinajstić information content (AvgIpc) is 1.41. The minimum absolute atomic E-state index is 0.267. The van der Waals surface area contributed by atoms with Gasteiger partial charge in [0.05, 0.1) is 10.2 Å². The first-order valence-corrected chi connectivity index (χ1v) is 2.44. The van der Waals surface area contributed by atoms with Gasteiger partial charge in [0.1, 0.15) is 6.07 Å². The van der Waals surface area contributed by atoms with Gasteiger partial charge in [0.2, 0.25) is 0 Å². The van der Waals surface area contributed by atoms with E-state index in [2.05, 4.69) is 15.0 Å². The van der Waals surface area contributed by atoms with E-state index in [-0.39, 0.29) is 6.07 Å². The number of ether oxygens (including phenoxy) is 1. The summed E-state index contributed by atoms with van der Waals surface area (Å²) in [6.07, 6.45) is 0.517. The zero-order valence-corrected chi connectivity index (χ0v) is 4.46. The van der Waals surface area contributed by atoms with Crippen molar-refractivity contribution >= 4 is 21.8 Å². The summed E-state index contributed by atoms with van der Waals surface area (Å²) in [5.74, 6) is 0. The lowest BCUT2D eigenvalue weighted by molar-refractivity contribution is 0.232. The van der Waals surface area contributed by atoms with Gasteiger partial charge in [-0.05, 0) is 0 Å². The van der Waals surface area contributed by atoms with Gasteiger partial charge in [0, 0.05) is 6.23 Å². The molecule has 0 fully saturated rings. The van der Waals surface area contributed by atoms with E-state index in [1.54, 1.807) is 0 Å². The maximum absolute atomic E-state index is 5.05. The second kappa shape index (κ2) is 4.47. The van der Waals surface area contributed by atoms with Crippen molar-refractivity contribution in [2.45, 2.75) is 0 Å². The highest BCUT2D eigenvalue weighted by Gasteiger charge is 1.66. The summed E-state index contributed by atoms with van der Waals surface area (Å²) in [6.45, 7) is 0. The third-order valence-electron chi connectivity index (χ3n) is 0.179. The van der Waals surface area contributed by atoms with E-state index in [0.717, 1.165) is 0 Å². The van der Waals surface area contributed by atoms with Crippen LogP contribution in [0.15, 0.2) is 0 Å². The van der Waals surface area contributed by atoms with Crippen LogP contribution in [0.5, 0.6) is 0 Å². The minimum Gasteiger partial charge on any atom is -0.370 e. The molecule has 0 amide bonds. The van der Waals surface area contributed by atoms with Gasteiger partial charge in [-0.2, -0.15) is 0 Å². The van der Waals surface area contributed by atoms with E-state index in [1.807, 2.05) is 0 Å². The van der Waals surface area contributed by atoms with Crippen molar-refractivity contribution in [3.8, 4) is 0 Å². The van der Waals surface area contributed by atoms with Gasteiger partial charge < -0.3 is 4.74 Å². The Balaban J connectivity index is 2.19. The number of rotatable bonds is 2. The molecule has 0 atom stereocenters. The summed E-state index contributed by atoms with van der Waals surface area (Å²) < 4.78 is 4.51. The number of alkyl halides is 1. The van der Waals surface area contributed by atoms with Crippen molar-refractivity contribution in [3.63, 3.8) is 0 Å². The second-order valence-electron chi connectivity index (χ2n) is 0.458. The van der Waals surface area contributed by atoms with Crippen LogP contribution in [-0.4, -0.2) is 22.5 Å². The van der Waals surface area contributed by atoms with Crippen LogP contribution in [0, 0.1) is 0 Å². The van der Waals surface area contributed by atoms with Crippen LogP contribution < -0.4 is 0 Å². The van der Waals surface area contributed by atoms with Gasteiger partial charge in [-0.25, -0.2) is 0 Å². The highest BCUT2D eigenvalue weighted by atomic mass is 35.5. The molecule has 0 aromatic carbocycles. The largest absolute Gasteiger partial charge is 0.370 e. The van der Waals surface area contributed by atoms with Crippen LogP contribution in [0.2, 0.25) is 0 Å². The molecule has 0 heterocycles. The first kappa shape index (κ1) is 5.47. The van der Waals surface area contributed by atoms with Crippen molar-refractivity contribution in [3.05, 3.63) is 0 Å². The number of hydrogen-bond donors (Lipinski definition) is 0. The standard InChI is InChI=1S/C2H4ClOSi/c3-1-4-2-5/h1-2H2. The van der Waals surface area contributed by atoms with E-state index in [9.17, 15) is 0 Å². The van der Waals surface area contributed by atoms with Gasteiger partial charge in [0.25, 0.3) is 0 Å². The molecule has 0 bridgehead atoms. The molecular weight excluding hydrogens is 104 g/mol. The van der Waals surface area contributed by atoms with Gasteiger partial charge in [-0.3, -0.25) is 0 Å². The first-order chi connectivity index (χ1) is 2.41. The van der Waals surface area contributed by atoms with Crippen LogP contribution in [-0.2, 0) is 4.74 Å². The second-order valence-corrected chi connectivity index (χ2v) is 0.964. The van der Waals surface area contributed by atoms with Crippen molar-refractivity contribution in [1.29, 1.82) is 0 Å². The topological polar surface area (TPSA) is 9.23 Å². The van der Waals surface area contributed by atoms with Crippen molar-refractivity contribution in [2.75, 3.05) is 12.3 Å². The maximum atomic E-state index is 5.05. The average molecular weight is 108 g/mol. The lowest BCUT2D eigenvalue weighted by Crippen LogP contribution is -1.87. The normalized spacial score (nSPS) is 8.40. The Morgan fingerprint density at radius 2 is 2.40 bits per heavy atom. The van der Waals surface area contributed by atoms with Crippen molar-refractivity contribution in [1.82, 2.24) is 0 Å². The maximum Gasteiger partial charge on any atom is 0.120 e. The molecule has 0 rings (SSSR count). The van der Waals surface area contributed by atoms with E-state index >= 15 is 0 Å². The van der Waals surface area contributed by atoms with Crippen LogP contribution in [0.25, 0.3) is 0 Å². The fourth-order valence-electron chi connectivity index (χ4n) is 0.0386. The summed E-state index contributed by atoms with van der Waals surface area (Å²) in [7, 11) is 3.04. The van der Waals surface area contributed by atoms with Crippen LogP contribution in [0.4, 0.5) is 0 Å². The van der Waals surface area contributed by atoms with Crippen LogP contribution in [0.1, 0.15) is 0 Å². The Kier molecular flexibility index (Phi) is 4.88. The molecule has 29 valence electrons. The molecule has 0 N–H and O–H groups in total. The molecule has 0 aromatic rings. The Labute approximate surface area is 39.7 Å². The predicted molar refractivity (Wildman–Crippen MR) is 22.4 cm³/mol. The molecule has 1 nitrogen and oxygen atoms in total. The summed E-state index contributed by atoms with van der Waals surface area (Å²) in [6, 6.07) is 0.267. The molecule has 0 unspecified atom stereocenters. The quantitative estimate of drug-likeness (QED) is 0.365. The Morgan fingerprint density at radius 3 is 2.40 bits per heavy atom.